The van der Waals surface area contributed by atoms with E-state index < -0.39 is 0 Å². The van der Waals surface area contributed by atoms with Gasteiger partial charge in [-0.15, -0.1) is 0 Å². The Morgan fingerprint density at radius 2 is 1.78 bits per heavy atom. The van der Waals surface area contributed by atoms with Gasteiger partial charge in [0.1, 0.15) is 11.5 Å². The van der Waals surface area contributed by atoms with E-state index in [9.17, 15) is 4.79 Å². The standard InChI is InChI=1S/C19H27NO3/c1-22-17-8-10-18(11-9-17)23-14-15-5-4-12-20(13-15)19(21)16-6-2-3-7-16/h8-11,15-16H,2-7,12-14H2,1H3/t15-/m0/s1. The minimum atomic E-state index is 0.288. The maximum absolute atomic E-state index is 12.6. The molecule has 1 heterocycles. The number of amides is 1. The monoisotopic (exact) mass is 317 g/mol. The van der Waals surface area contributed by atoms with Crippen LogP contribution in [0.25, 0.3) is 0 Å². The lowest BCUT2D eigenvalue weighted by Crippen LogP contribution is -2.43. The third kappa shape index (κ3) is 4.18. The molecule has 1 amide bonds. The second-order valence-corrected chi connectivity index (χ2v) is 6.76. The molecule has 23 heavy (non-hydrogen) atoms. The van der Waals surface area contributed by atoms with Crippen LogP contribution in [-0.2, 0) is 4.79 Å². The van der Waals surface area contributed by atoms with Gasteiger partial charge >= 0.3 is 0 Å². The summed E-state index contributed by atoms with van der Waals surface area (Å²) in [6.45, 7) is 2.46. The second-order valence-electron chi connectivity index (χ2n) is 6.76. The molecule has 0 bridgehead atoms. The van der Waals surface area contributed by atoms with Crippen molar-refractivity contribution in [2.45, 2.75) is 38.5 Å². The first-order valence-corrected chi connectivity index (χ1v) is 8.82. The highest BCUT2D eigenvalue weighted by molar-refractivity contribution is 5.79. The third-order valence-corrected chi connectivity index (χ3v) is 5.08. The first kappa shape index (κ1) is 16.2. The van der Waals surface area contributed by atoms with E-state index in [1.165, 1.54) is 12.8 Å². The molecule has 0 spiro atoms. The quantitative estimate of drug-likeness (QED) is 0.834. The van der Waals surface area contributed by atoms with Crippen LogP contribution in [0.2, 0.25) is 0 Å². The van der Waals surface area contributed by atoms with Crippen molar-refractivity contribution >= 4 is 5.91 Å². The zero-order valence-corrected chi connectivity index (χ0v) is 14.0. The summed E-state index contributed by atoms with van der Waals surface area (Å²) in [6.07, 6.45) is 6.84. The molecule has 1 aromatic rings. The maximum Gasteiger partial charge on any atom is 0.225 e. The van der Waals surface area contributed by atoms with E-state index in [-0.39, 0.29) is 5.92 Å². The molecule has 2 aliphatic rings. The SMILES string of the molecule is COc1ccc(OC[C@H]2CCCN(C(=O)C3CCCC3)C2)cc1. The molecular weight excluding hydrogens is 290 g/mol. The van der Waals surface area contributed by atoms with E-state index in [2.05, 4.69) is 4.90 Å². The van der Waals surface area contributed by atoms with Crippen molar-refractivity contribution in [2.24, 2.45) is 11.8 Å². The molecule has 2 fully saturated rings. The van der Waals surface area contributed by atoms with Crippen molar-refractivity contribution in [3.63, 3.8) is 0 Å². The van der Waals surface area contributed by atoms with Gasteiger partial charge < -0.3 is 14.4 Å². The van der Waals surface area contributed by atoms with Gasteiger partial charge in [0.25, 0.3) is 0 Å². The molecule has 126 valence electrons. The fourth-order valence-electron chi connectivity index (χ4n) is 3.72. The zero-order valence-electron chi connectivity index (χ0n) is 14.0. The fourth-order valence-corrected chi connectivity index (χ4v) is 3.72. The molecule has 0 N–H and O–H groups in total. The lowest BCUT2D eigenvalue weighted by atomic mass is 9.97. The van der Waals surface area contributed by atoms with Gasteiger partial charge in [0, 0.05) is 24.9 Å². The minimum Gasteiger partial charge on any atom is -0.497 e. The molecule has 4 nitrogen and oxygen atoms in total. The van der Waals surface area contributed by atoms with E-state index >= 15 is 0 Å². The van der Waals surface area contributed by atoms with Gasteiger partial charge in [0.05, 0.1) is 13.7 Å². The van der Waals surface area contributed by atoms with Crippen LogP contribution in [0.4, 0.5) is 0 Å². The number of carbonyl (C=O) groups excluding carboxylic acids is 1. The Labute approximate surface area is 138 Å². The summed E-state index contributed by atoms with van der Waals surface area (Å²) in [4.78, 5) is 14.6. The number of likely N-dealkylation sites (tertiary alicyclic amines) is 1. The smallest absolute Gasteiger partial charge is 0.225 e. The molecule has 1 atom stereocenters. The molecule has 1 aliphatic carbocycles. The average molecular weight is 317 g/mol. The van der Waals surface area contributed by atoms with E-state index in [1.54, 1.807) is 7.11 Å². The van der Waals surface area contributed by atoms with E-state index in [4.69, 9.17) is 9.47 Å². The number of nitrogens with zero attached hydrogens (tertiary/aromatic N) is 1. The van der Waals surface area contributed by atoms with Gasteiger partial charge in [-0.25, -0.2) is 0 Å². The van der Waals surface area contributed by atoms with Crippen LogP contribution < -0.4 is 9.47 Å². The van der Waals surface area contributed by atoms with Crippen LogP contribution in [0, 0.1) is 11.8 Å². The number of benzene rings is 1. The van der Waals surface area contributed by atoms with Crippen molar-refractivity contribution in [3.8, 4) is 11.5 Å². The van der Waals surface area contributed by atoms with Crippen LogP contribution >= 0.6 is 0 Å². The molecule has 0 aromatic heterocycles. The first-order chi connectivity index (χ1) is 11.3. The Morgan fingerprint density at radius 1 is 1.09 bits per heavy atom. The Hall–Kier alpha value is -1.71. The van der Waals surface area contributed by atoms with E-state index in [0.29, 0.717) is 18.4 Å². The van der Waals surface area contributed by atoms with Gasteiger partial charge in [-0.1, -0.05) is 12.8 Å². The van der Waals surface area contributed by atoms with Crippen LogP contribution in [0.15, 0.2) is 24.3 Å². The Morgan fingerprint density at radius 3 is 2.48 bits per heavy atom. The van der Waals surface area contributed by atoms with Crippen molar-refractivity contribution in [1.29, 1.82) is 0 Å². The molecule has 0 unspecified atom stereocenters. The van der Waals surface area contributed by atoms with Crippen LogP contribution in [0.5, 0.6) is 11.5 Å². The van der Waals surface area contributed by atoms with Gasteiger partial charge in [-0.05, 0) is 49.9 Å². The third-order valence-electron chi connectivity index (χ3n) is 5.08. The van der Waals surface area contributed by atoms with Gasteiger partial charge in [-0.3, -0.25) is 4.79 Å². The molecule has 4 heteroatoms. The first-order valence-electron chi connectivity index (χ1n) is 8.82. The Bertz CT molecular complexity index is 508. The van der Waals surface area contributed by atoms with Gasteiger partial charge in [-0.2, -0.15) is 0 Å². The van der Waals surface area contributed by atoms with Crippen LogP contribution in [0.3, 0.4) is 0 Å². The molecule has 3 rings (SSSR count). The Kier molecular flexibility index (Phi) is 5.42. The summed E-state index contributed by atoms with van der Waals surface area (Å²) in [6, 6.07) is 7.68. The maximum atomic E-state index is 12.6. The summed E-state index contributed by atoms with van der Waals surface area (Å²) in [5.41, 5.74) is 0. The molecule has 1 aliphatic heterocycles. The summed E-state index contributed by atoms with van der Waals surface area (Å²) < 4.78 is 11.1. The summed E-state index contributed by atoms with van der Waals surface area (Å²) >= 11 is 0. The summed E-state index contributed by atoms with van der Waals surface area (Å²) in [5.74, 6) is 2.82. The van der Waals surface area contributed by atoms with Gasteiger partial charge in [0.2, 0.25) is 5.91 Å². The lowest BCUT2D eigenvalue weighted by molar-refractivity contribution is -0.137. The highest BCUT2D eigenvalue weighted by Crippen LogP contribution is 2.28. The van der Waals surface area contributed by atoms with Crippen molar-refractivity contribution in [1.82, 2.24) is 4.90 Å². The van der Waals surface area contributed by atoms with Crippen LogP contribution in [0.1, 0.15) is 38.5 Å². The second kappa shape index (κ2) is 7.71. The highest BCUT2D eigenvalue weighted by atomic mass is 16.5. The molecule has 0 radical (unpaired) electrons. The predicted molar refractivity (Wildman–Crippen MR) is 89.8 cm³/mol. The number of methoxy groups -OCH3 is 1. The Balaban J connectivity index is 1.48. The topological polar surface area (TPSA) is 38.8 Å². The van der Waals surface area contributed by atoms with Crippen molar-refractivity contribution in [3.05, 3.63) is 24.3 Å². The molecule has 1 aromatic carbocycles. The van der Waals surface area contributed by atoms with Crippen LogP contribution in [-0.4, -0.2) is 37.6 Å². The summed E-state index contributed by atoms with van der Waals surface area (Å²) in [7, 11) is 1.66. The largest absolute Gasteiger partial charge is 0.497 e. The number of ether oxygens (including phenoxy) is 2. The van der Waals surface area contributed by atoms with E-state index in [1.807, 2.05) is 24.3 Å². The number of rotatable bonds is 5. The number of hydrogen-bond acceptors (Lipinski definition) is 3. The predicted octanol–water partition coefficient (Wildman–Crippen LogP) is 3.50. The average Bonchev–Trinajstić information content (AvgIpc) is 3.14. The molecular formula is C19H27NO3. The number of piperidine rings is 1. The normalized spacial score (nSPS) is 22.1. The summed E-state index contributed by atoms with van der Waals surface area (Å²) in [5, 5.41) is 0. The minimum absolute atomic E-state index is 0.288. The molecule has 1 saturated heterocycles. The van der Waals surface area contributed by atoms with Crippen molar-refractivity contribution < 1.29 is 14.3 Å². The number of carbonyl (C=O) groups is 1. The molecule has 1 saturated carbocycles. The zero-order chi connectivity index (χ0) is 16.1. The highest BCUT2D eigenvalue weighted by Gasteiger charge is 2.30. The lowest BCUT2D eigenvalue weighted by Gasteiger charge is -2.34. The fraction of sp³-hybridized carbons (Fsp3) is 0.632. The van der Waals surface area contributed by atoms with E-state index in [0.717, 1.165) is 50.3 Å². The number of hydrogen-bond donors (Lipinski definition) is 0. The van der Waals surface area contributed by atoms with Crippen molar-refractivity contribution in [2.75, 3.05) is 26.8 Å². The van der Waals surface area contributed by atoms with Gasteiger partial charge in [0.15, 0.2) is 0 Å².